The second-order valence-corrected chi connectivity index (χ2v) is 12.2. The van der Waals surface area contributed by atoms with E-state index in [0.717, 1.165) is 68.6 Å². The van der Waals surface area contributed by atoms with Gasteiger partial charge in [0.05, 0.1) is 11.0 Å². The van der Waals surface area contributed by atoms with Crippen molar-refractivity contribution in [2.75, 3.05) is 37.7 Å². The van der Waals surface area contributed by atoms with Crippen LogP contribution in [0.2, 0.25) is 0 Å². The molecule has 8 heteroatoms. The fraction of sp³-hybridized carbons (Fsp3) is 0.708. The molecule has 0 saturated carbocycles. The maximum Gasteiger partial charge on any atom is 0.243 e. The third kappa shape index (κ3) is 6.07. The van der Waals surface area contributed by atoms with Crippen molar-refractivity contribution in [2.45, 2.75) is 74.8 Å². The molecule has 4 rings (SSSR count). The predicted molar refractivity (Wildman–Crippen MR) is 128 cm³/mol. The van der Waals surface area contributed by atoms with E-state index >= 15 is 0 Å². The lowest BCUT2D eigenvalue weighted by atomic mass is 10.1. The number of sulfonamides is 1. The van der Waals surface area contributed by atoms with Gasteiger partial charge >= 0.3 is 0 Å². The molecular weight excluding hydrogens is 444 g/mol. The Balaban J connectivity index is 1.35. The summed E-state index contributed by atoms with van der Waals surface area (Å²) in [6, 6.07) is 7.47. The van der Waals surface area contributed by atoms with Crippen molar-refractivity contribution in [2.24, 2.45) is 0 Å². The maximum atomic E-state index is 13.1. The number of aryl methyl sites for hydroxylation is 1. The van der Waals surface area contributed by atoms with Crippen LogP contribution in [0.4, 0.5) is 0 Å². The molecule has 3 aliphatic rings. The van der Waals surface area contributed by atoms with Crippen molar-refractivity contribution in [3.8, 4) is 0 Å². The SMILES string of the molecule is O=C(CCc1ccc(S(=O)(=O)N2CCCCCC2)cc1)N(CC1CCCO1)C1CCSC1. The quantitative estimate of drug-likeness (QED) is 0.568. The number of carbonyl (C=O) groups is 1. The highest BCUT2D eigenvalue weighted by Crippen LogP contribution is 2.26. The first-order valence-electron chi connectivity index (χ1n) is 12.1. The Morgan fingerprint density at radius 3 is 2.44 bits per heavy atom. The van der Waals surface area contributed by atoms with Crippen molar-refractivity contribution in [3.63, 3.8) is 0 Å². The first-order valence-corrected chi connectivity index (χ1v) is 14.7. The van der Waals surface area contributed by atoms with E-state index in [1.54, 1.807) is 16.4 Å². The molecule has 2 unspecified atom stereocenters. The highest BCUT2D eigenvalue weighted by atomic mass is 32.2. The largest absolute Gasteiger partial charge is 0.376 e. The smallest absolute Gasteiger partial charge is 0.243 e. The van der Waals surface area contributed by atoms with Crippen molar-refractivity contribution in [3.05, 3.63) is 29.8 Å². The maximum absolute atomic E-state index is 13.1. The Labute approximate surface area is 197 Å². The molecule has 0 aliphatic carbocycles. The van der Waals surface area contributed by atoms with Gasteiger partial charge in [0.15, 0.2) is 0 Å². The normalized spacial score (nSPS) is 25.0. The summed E-state index contributed by atoms with van der Waals surface area (Å²) in [6.45, 7) is 2.73. The number of rotatable bonds is 8. The van der Waals surface area contributed by atoms with Crippen LogP contribution in [0.3, 0.4) is 0 Å². The average Bonchev–Trinajstić information content (AvgIpc) is 3.45. The van der Waals surface area contributed by atoms with Crippen LogP contribution in [0.1, 0.15) is 56.9 Å². The van der Waals surface area contributed by atoms with Gasteiger partial charge in [0, 0.05) is 44.5 Å². The number of amides is 1. The summed E-state index contributed by atoms with van der Waals surface area (Å²) < 4.78 is 33.4. The van der Waals surface area contributed by atoms with E-state index in [1.165, 1.54) is 0 Å². The first kappa shape index (κ1) is 24.0. The van der Waals surface area contributed by atoms with Gasteiger partial charge in [-0.3, -0.25) is 4.79 Å². The van der Waals surface area contributed by atoms with E-state index in [1.807, 2.05) is 23.9 Å². The lowest BCUT2D eigenvalue weighted by Gasteiger charge is -2.31. The van der Waals surface area contributed by atoms with Crippen LogP contribution >= 0.6 is 11.8 Å². The average molecular weight is 481 g/mol. The molecular formula is C24H36N2O4S2. The number of hydrogen-bond acceptors (Lipinski definition) is 5. The number of carbonyl (C=O) groups excluding carboxylic acids is 1. The minimum atomic E-state index is -3.43. The van der Waals surface area contributed by atoms with E-state index in [0.29, 0.717) is 43.4 Å². The first-order chi connectivity index (χ1) is 15.5. The summed E-state index contributed by atoms with van der Waals surface area (Å²) in [4.78, 5) is 15.5. The van der Waals surface area contributed by atoms with Gasteiger partial charge < -0.3 is 9.64 Å². The van der Waals surface area contributed by atoms with Crippen LogP contribution in [0.5, 0.6) is 0 Å². The van der Waals surface area contributed by atoms with Crippen LogP contribution in [0.15, 0.2) is 29.2 Å². The lowest BCUT2D eigenvalue weighted by molar-refractivity contribution is -0.134. The molecule has 1 amide bonds. The molecule has 0 radical (unpaired) electrons. The highest BCUT2D eigenvalue weighted by Gasteiger charge is 2.30. The molecule has 0 spiro atoms. The molecule has 0 N–H and O–H groups in total. The summed E-state index contributed by atoms with van der Waals surface area (Å²) in [7, 11) is -3.43. The summed E-state index contributed by atoms with van der Waals surface area (Å²) in [6.07, 6.45) is 8.50. The second-order valence-electron chi connectivity index (χ2n) is 9.16. The summed E-state index contributed by atoms with van der Waals surface area (Å²) in [5.74, 6) is 2.32. The topological polar surface area (TPSA) is 66.9 Å². The molecule has 0 bridgehead atoms. The Kier molecular flexibility index (Phi) is 8.54. The van der Waals surface area contributed by atoms with Gasteiger partial charge in [0.1, 0.15) is 0 Å². The molecule has 3 heterocycles. The van der Waals surface area contributed by atoms with Crippen LogP contribution in [0.25, 0.3) is 0 Å². The zero-order valence-electron chi connectivity index (χ0n) is 18.9. The molecule has 3 fully saturated rings. The standard InChI is InChI=1S/C24H36N2O4S2/c27-24(26(21-13-17-31-19-21)18-22-6-5-16-30-22)12-9-20-7-10-23(11-8-20)32(28,29)25-14-3-1-2-4-15-25/h7-8,10-11,21-22H,1-6,9,12-19H2. The van der Waals surface area contributed by atoms with E-state index in [2.05, 4.69) is 4.90 Å². The van der Waals surface area contributed by atoms with Crippen molar-refractivity contribution >= 4 is 27.7 Å². The number of thioether (sulfide) groups is 1. The predicted octanol–water partition coefficient (Wildman–Crippen LogP) is 3.70. The fourth-order valence-corrected chi connectivity index (χ4v) is 7.63. The summed E-state index contributed by atoms with van der Waals surface area (Å²) in [5.41, 5.74) is 1.01. The van der Waals surface area contributed by atoms with Crippen molar-refractivity contribution in [1.29, 1.82) is 0 Å². The molecule has 32 heavy (non-hydrogen) atoms. The molecule has 178 valence electrons. The Bertz CT molecular complexity index is 839. The fourth-order valence-electron chi connectivity index (χ4n) is 4.88. The lowest BCUT2D eigenvalue weighted by Crippen LogP contribution is -2.44. The van der Waals surface area contributed by atoms with E-state index in [-0.39, 0.29) is 12.0 Å². The van der Waals surface area contributed by atoms with Crippen LogP contribution < -0.4 is 0 Å². The summed E-state index contributed by atoms with van der Waals surface area (Å²) in [5, 5.41) is 0. The second kappa shape index (κ2) is 11.4. The van der Waals surface area contributed by atoms with Gasteiger partial charge in [0.25, 0.3) is 0 Å². The minimum absolute atomic E-state index is 0.174. The molecule has 1 aromatic rings. The molecule has 2 atom stereocenters. The van der Waals surface area contributed by atoms with Gasteiger partial charge in [-0.2, -0.15) is 16.1 Å². The minimum Gasteiger partial charge on any atom is -0.376 e. The highest BCUT2D eigenvalue weighted by molar-refractivity contribution is 7.99. The zero-order chi connectivity index (χ0) is 22.4. The van der Waals surface area contributed by atoms with E-state index < -0.39 is 10.0 Å². The van der Waals surface area contributed by atoms with E-state index in [9.17, 15) is 13.2 Å². The van der Waals surface area contributed by atoms with Crippen LogP contribution in [-0.2, 0) is 26.0 Å². The van der Waals surface area contributed by atoms with Crippen LogP contribution in [-0.4, -0.2) is 73.4 Å². The molecule has 1 aromatic carbocycles. The zero-order valence-corrected chi connectivity index (χ0v) is 20.5. The van der Waals surface area contributed by atoms with Gasteiger partial charge in [-0.15, -0.1) is 0 Å². The van der Waals surface area contributed by atoms with Gasteiger partial charge in [0.2, 0.25) is 15.9 Å². The number of nitrogens with zero attached hydrogens (tertiary/aromatic N) is 2. The monoisotopic (exact) mass is 480 g/mol. The molecule has 3 saturated heterocycles. The van der Waals surface area contributed by atoms with Crippen molar-refractivity contribution < 1.29 is 17.9 Å². The Morgan fingerprint density at radius 1 is 1.06 bits per heavy atom. The van der Waals surface area contributed by atoms with Gasteiger partial charge in [-0.05, 0) is 62.0 Å². The van der Waals surface area contributed by atoms with E-state index in [4.69, 9.17) is 4.74 Å². The summed E-state index contributed by atoms with van der Waals surface area (Å²) >= 11 is 1.92. The molecule has 0 aromatic heterocycles. The Hall–Kier alpha value is -1.09. The van der Waals surface area contributed by atoms with Crippen molar-refractivity contribution in [1.82, 2.24) is 9.21 Å². The van der Waals surface area contributed by atoms with Gasteiger partial charge in [-0.1, -0.05) is 25.0 Å². The third-order valence-electron chi connectivity index (χ3n) is 6.84. The Morgan fingerprint density at radius 2 is 1.81 bits per heavy atom. The number of ether oxygens (including phenoxy) is 1. The van der Waals surface area contributed by atoms with Crippen LogP contribution in [0, 0.1) is 0 Å². The molecule has 3 aliphatic heterocycles. The number of benzene rings is 1. The van der Waals surface area contributed by atoms with Gasteiger partial charge in [-0.25, -0.2) is 8.42 Å². The molecule has 6 nitrogen and oxygen atoms in total. The third-order valence-corrected chi connectivity index (χ3v) is 9.90. The number of hydrogen-bond donors (Lipinski definition) is 0.